The molecule has 0 spiro atoms. The Labute approximate surface area is 104 Å². The van der Waals surface area contributed by atoms with Crippen molar-refractivity contribution in [3.63, 3.8) is 0 Å². The lowest BCUT2D eigenvalue weighted by Crippen LogP contribution is -2.36. The number of alkyl halides is 1. The molecule has 0 aliphatic rings. The van der Waals surface area contributed by atoms with Crippen molar-refractivity contribution in [1.82, 2.24) is 0 Å². The molecule has 90 valence electrons. The normalized spacial score (nSPS) is 11.8. The summed E-state index contributed by atoms with van der Waals surface area (Å²) in [6.45, 7) is 2.08. The van der Waals surface area contributed by atoms with Crippen molar-refractivity contribution in [3.05, 3.63) is 35.4 Å². The van der Waals surface area contributed by atoms with Crippen LogP contribution in [0, 0.1) is 0 Å². The van der Waals surface area contributed by atoms with Gasteiger partial charge in [0.2, 0.25) is 0 Å². The predicted molar refractivity (Wildman–Crippen MR) is 70.1 cm³/mol. The van der Waals surface area contributed by atoms with Gasteiger partial charge in [0, 0.05) is 20.1 Å². The number of halogens is 1. The van der Waals surface area contributed by atoms with E-state index in [-0.39, 0.29) is 0 Å². The van der Waals surface area contributed by atoms with Crippen LogP contribution in [-0.4, -0.2) is 22.8 Å². The Morgan fingerprint density at radius 1 is 1.06 bits per heavy atom. The topological polar surface area (TPSA) is 18.5 Å². The maximum Gasteiger partial charge on any atom is 0.334 e. The second-order valence-electron chi connectivity index (χ2n) is 3.99. The first-order valence-electron chi connectivity index (χ1n) is 5.37. The van der Waals surface area contributed by atoms with Gasteiger partial charge in [-0.1, -0.05) is 24.3 Å². The lowest BCUT2D eigenvalue weighted by molar-refractivity contribution is 0.249. The van der Waals surface area contributed by atoms with Crippen LogP contribution in [0.2, 0.25) is 12.6 Å². The first kappa shape index (κ1) is 13.7. The molecule has 0 N–H and O–H groups in total. The molecular weight excluding hydrogens is 240 g/mol. The third kappa shape index (κ3) is 3.90. The molecule has 0 aromatic heterocycles. The van der Waals surface area contributed by atoms with Crippen LogP contribution in [0.5, 0.6) is 0 Å². The van der Waals surface area contributed by atoms with Crippen LogP contribution in [0.1, 0.15) is 11.1 Å². The van der Waals surface area contributed by atoms with Crippen LogP contribution in [0.15, 0.2) is 24.3 Å². The summed E-state index contributed by atoms with van der Waals surface area (Å²) >= 11 is 5.74. The van der Waals surface area contributed by atoms with E-state index in [4.69, 9.17) is 20.5 Å². The van der Waals surface area contributed by atoms with E-state index in [1.807, 2.05) is 0 Å². The van der Waals surface area contributed by atoms with Gasteiger partial charge in [-0.15, -0.1) is 11.6 Å². The fourth-order valence-corrected chi connectivity index (χ4v) is 2.95. The van der Waals surface area contributed by atoms with Crippen LogP contribution >= 0.6 is 11.6 Å². The molecule has 0 aliphatic carbocycles. The summed E-state index contributed by atoms with van der Waals surface area (Å²) in [5.74, 6) is 0.572. The molecule has 0 aliphatic heterocycles. The minimum Gasteiger partial charge on any atom is -0.398 e. The van der Waals surface area contributed by atoms with Crippen molar-refractivity contribution in [2.75, 3.05) is 14.2 Å². The highest BCUT2D eigenvalue weighted by molar-refractivity contribution is 6.65. The molecule has 0 bridgehead atoms. The minimum absolute atomic E-state index is 0.572. The SMILES string of the molecule is CO[Si](C)(CCc1ccc(CCl)cc1)OC. The molecule has 1 aromatic carbocycles. The van der Waals surface area contributed by atoms with Gasteiger partial charge in [-0.05, 0) is 30.1 Å². The average Bonchev–Trinajstić information content (AvgIpc) is 2.36. The summed E-state index contributed by atoms with van der Waals surface area (Å²) in [6, 6.07) is 9.36. The second kappa shape index (κ2) is 6.40. The molecule has 0 amide bonds. The van der Waals surface area contributed by atoms with E-state index in [1.54, 1.807) is 14.2 Å². The van der Waals surface area contributed by atoms with E-state index in [1.165, 1.54) is 5.56 Å². The number of rotatable bonds is 6. The van der Waals surface area contributed by atoms with Gasteiger partial charge >= 0.3 is 8.56 Å². The Bertz CT molecular complexity index is 309. The Morgan fingerprint density at radius 3 is 2.00 bits per heavy atom. The second-order valence-corrected chi connectivity index (χ2v) is 7.84. The number of hydrogen-bond donors (Lipinski definition) is 0. The van der Waals surface area contributed by atoms with Gasteiger partial charge < -0.3 is 8.85 Å². The number of hydrogen-bond acceptors (Lipinski definition) is 2. The summed E-state index contributed by atoms with van der Waals surface area (Å²) in [5.41, 5.74) is 2.46. The standard InChI is InChI=1S/C12H19ClO2Si/c1-14-16(3,15-2)9-8-11-4-6-12(10-13)7-5-11/h4-7H,8-10H2,1-3H3. The Kier molecular flexibility index (Phi) is 5.48. The molecule has 4 heteroatoms. The van der Waals surface area contributed by atoms with Gasteiger partial charge in [0.25, 0.3) is 0 Å². The van der Waals surface area contributed by atoms with E-state index in [0.29, 0.717) is 5.88 Å². The highest BCUT2D eigenvalue weighted by atomic mass is 35.5. The minimum atomic E-state index is -1.93. The summed E-state index contributed by atoms with van der Waals surface area (Å²) in [5, 5.41) is 0. The monoisotopic (exact) mass is 258 g/mol. The van der Waals surface area contributed by atoms with Gasteiger partial charge in [-0.2, -0.15) is 0 Å². The summed E-state index contributed by atoms with van der Waals surface area (Å²) in [6.07, 6.45) is 0.993. The smallest absolute Gasteiger partial charge is 0.334 e. The third-order valence-electron chi connectivity index (χ3n) is 2.91. The predicted octanol–water partition coefficient (Wildman–Crippen LogP) is 3.33. The Balaban J connectivity index is 2.54. The largest absolute Gasteiger partial charge is 0.398 e. The van der Waals surface area contributed by atoms with Gasteiger partial charge in [0.05, 0.1) is 0 Å². The zero-order chi connectivity index (χ0) is 12.0. The van der Waals surface area contributed by atoms with E-state index >= 15 is 0 Å². The fraction of sp³-hybridized carbons (Fsp3) is 0.500. The van der Waals surface area contributed by atoms with Crippen molar-refractivity contribution >= 4 is 20.2 Å². The van der Waals surface area contributed by atoms with Crippen LogP contribution in [0.25, 0.3) is 0 Å². The van der Waals surface area contributed by atoms with Crippen LogP contribution < -0.4 is 0 Å². The van der Waals surface area contributed by atoms with Crippen LogP contribution in [0.4, 0.5) is 0 Å². The highest BCUT2D eigenvalue weighted by Gasteiger charge is 2.27. The molecule has 0 unspecified atom stereocenters. The van der Waals surface area contributed by atoms with E-state index in [2.05, 4.69) is 30.8 Å². The Hall–Kier alpha value is -0.353. The van der Waals surface area contributed by atoms with Crippen LogP contribution in [0.3, 0.4) is 0 Å². The van der Waals surface area contributed by atoms with Crippen molar-refractivity contribution in [2.24, 2.45) is 0 Å². The molecule has 1 aromatic rings. The zero-order valence-electron chi connectivity index (χ0n) is 10.1. The third-order valence-corrected chi connectivity index (χ3v) is 6.10. The number of benzene rings is 1. The first-order chi connectivity index (χ1) is 7.63. The van der Waals surface area contributed by atoms with Crippen molar-refractivity contribution in [2.45, 2.75) is 24.9 Å². The number of aryl methyl sites for hydroxylation is 1. The zero-order valence-corrected chi connectivity index (χ0v) is 11.9. The molecule has 0 radical (unpaired) electrons. The van der Waals surface area contributed by atoms with Crippen molar-refractivity contribution < 1.29 is 8.85 Å². The quantitative estimate of drug-likeness (QED) is 0.576. The summed E-state index contributed by atoms with van der Waals surface area (Å²) in [4.78, 5) is 0. The van der Waals surface area contributed by atoms with E-state index in [0.717, 1.165) is 18.0 Å². The molecule has 0 saturated carbocycles. The molecule has 0 fully saturated rings. The van der Waals surface area contributed by atoms with Crippen molar-refractivity contribution in [1.29, 1.82) is 0 Å². The molecule has 0 saturated heterocycles. The fourth-order valence-electron chi connectivity index (χ4n) is 1.45. The average molecular weight is 259 g/mol. The molecule has 2 nitrogen and oxygen atoms in total. The highest BCUT2D eigenvalue weighted by Crippen LogP contribution is 2.16. The van der Waals surface area contributed by atoms with E-state index in [9.17, 15) is 0 Å². The van der Waals surface area contributed by atoms with E-state index < -0.39 is 8.56 Å². The van der Waals surface area contributed by atoms with Gasteiger partial charge in [0.1, 0.15) is 0 Å². The first-order valence-corrected chi connectivity index (χ1v) is 8.43. The lowest BCUT2D eigenvalue weighted by atomic mass is 10.1. The van der Waals surface area contributed by atoms with Crippen molar-refractivity contribution in [3.8, 4) is 0 Å². The maximum absolute atomic E-state index is 5.74. The molecule has 0 heterocycles. The summed E-state index contributed by atoms with van der Waals surface area (Å²) in [7, 11) is 1.53. The molecule has 1 rings (SSSR count). The molecule has 0 atom stereocenters. The van der Waals surface area contributed by atoms with Gasteiger partial charge in [-0.3, -0.25) is 0 Å². The van der Waals surface area contributed by atoms with Gasteiger partial charge in [-0.25, -0.2) is 0 Å². The molecular formula is C12H19ClO2Si. The van der Waals surface area contributed by atoms with Crippen LogP contribution in [-0.2, 0) is 21.2 Å². The van der Waals surface area contributed by atoms with Gasteiger partial charge in [0.15, 0.2) is 0 Å². The Morgan fingerprint density at radius 2 is 1.56 bits per heavy atom. The maximum atomic E-state index is 5.74. The lowest BCUT2D eigenvalue weighted by Gasteiger charge is -2.22. The molecule has 16 heavy (non-hydrogen) atoms. The summed E-state index contributed by atoms with van der Waals surface area (Å²) < 4.78 is 10.9.